The molecule has 1 aromatic heterocycles. The highest BCUT2D eigenvalue weighted by atomic mass is 79.9. The monoisotopic (exact) mass is 519 g/mol. The first-order chi connectivity index (χ1) is 15.7. The quantitative estimate of drug-likeness (QED) is 0.481. The number of ether oxygens (including phenoxy) is 1. The molecule has 1 heterocycles. The van der Waals surface area contributed by atoms with Gasteiger partial charge in [-0.1, -0.05) is 12.1 Å². The average molecular weight is 520 g/mol. The first-order valence-corrected chi connectivity index (χ1v) is 11.0. The minimum Gasteiger partial charge on any atom is -0.453 e. The van der Waals surface area contributed by atoms with Gasteiger partial charge in [0.25, 0.3) is 11.5 Å². The van der Waals surface area contributed by atoms with Crippen molar-refractivity contribution in [2.45, 2.75) is 13.5 Å². The van der Waals surface area contributed by atoms with Crippen molar-refractivity contribution in [2.75, 3.05) is 27.2 Å². The number of aryl methyl sites for hydroxylation is 1. The van der Waals surface area contributed by atoms with Gasteiger partial charge in [0.1, 0.15) is 16.0 Å². The summed E-state index contributed by atoms with van der Waals surface area (Å²) in [7, 11) is 3.87. The molecule has 0 aliphatic heterocycles. The van der Waals surface area contributed by atoms with Crippen LogP contribution in [0.5, 0.6) is 11.5 Å². The van der Waals surface area contributed by atoms with Gasteiger partial charge in [0.2, 0.25) is 0 Å². The fraction of sp³-hybridized carbons (Fsp3) is 0.250. The minimum absolute atomic E-state index is 0.119. The zero-order valence-electron chi connectivity index (χ0n) is 18.5. The third-order valence-corrected chi connectivity index (χ3v) is 5.66. The molecule has 0 atom stereocenters. The molecule has 2 aromatic carbocycles. The SMILES string of the molecule is Cc1cc(Oc2ccc(F)cc2F)c(Br)c(=O)n1Cc1ccc(C(=O)NCCN(C)C)cc1. The second kappa shape index (κ2) is 10.7. The standard InChI is InChI=1S/C24H24BrF2N3O3/c1-15-12-21(33-20-9-8-18(26)13-19(20)27)22(25)24(32)30(15)14-16-4-6-17(7-5-16)23(31)28-10-11-29(2)3/h4-9,12-13H,10-11,14H2,1-3H3,(H,28,31). The molecular formula is C24H24BrF2N3O3. The van der Waals surface area contributed by atoms with Crippen LogP contribution in [0, 0.1) is 18.6 Å². The molecule has 9 heteroatoms. The molecule has 3 aromatic rings. The summed E-state index contributed by atoms with van der Waals surface area (Å²) in [5, 5.41) is 2.85. The van der Waals surface area contributed by atoms with Crippen LogP contribution in [-0.2, 0) is 6.54 Å². The van der Waals surface area contributed by atoms with Crippen molar-refractivity contribution < 1.29 is 18.3 Å². The highest BCUT2D eigenvalue weighted by Gasteiger charge is 2.15. The van der Waals surface area contributed by atoms with Gasteiger partial charge in [-0.3, -0.25) is 9.59 Å². The number of aromatic nitrogens is 1. The van der Waals surface area contributed by atoms with Gasteiger partial charge in [0, 0.05) is 36.5 Å². The van der Waals surface area contributed by atoms with Gasteiger partial charge in [0.05, 0.1) is 6.54 Å². The second-order valence-electron chi connectivity index (χ2n) is 7.79. The van der Waals surface area contributed by atoms with Gasteiger partial charge in [-0.05, 0) is 66.8 Å². The van der Waals surface area contributed by atoms with Crippen molar-refractivity contribution in [1.82, 2.24) is 14.8 Å². The van der Waals surface area contributed by atoms with Crippen LogP contribution in [-0.4, -0.2) is 42.6 Å². The number of hydrogen-bond donors (Lipinski definition) is 1. The summed E-state index contributed by atoms with van der Waals surface area (Å²) in [5.74, 6) is -1.80. The number of carbonyl (C=O) groups is 1. The largest absolute Gasteiger partial charge is 0.453 e. The Kier molecular flexibility index (Phi) is 7.99. The lowest BCUT2D eigenvalue weighted by Crippen LogP contribution is -2.31. The molecule has 6 nitrogen and oxygen atoms in total. The van der Waals surface area contributed by atoms with Crippen LogP contribution < -0.4 is 15.6 Å². The molecule has 0 unspecified atom stereocenters. The fourth-order valence-corrected chi connectivity index (χ4v) is 3.51. The van der Waals surface area contributed by atoms with Gasteiger partial charge in [0.15, 0.2) is 11.6 Å². The van der Waals surface area contributed by atoms with Crippen LogP contribution in [0.15, 0.2) is 57.8 Å². The summed E-state index contributed by atoms with van der Waals surface area (Å²) in [4.78, 5) is 27.1. The molecule has 1 amide bonds. The van der Waals surface area contributed by atoms with E-state index in [4.69, 9.17) is 4.74 Å². The van der Waals surface area contributed by atoms with Crippen molar-refractivity contribution >= 4 is 21.8 Å². The minimum atomic E-state index is -0.866. The van der Waals surface area contributed by atoms with Crippen LogP contribution in [0.3, 0.4) is 0 Å². The summed E-state index contributed by atoms with van der Waals surface area (Å²) < 4.78 is 34.2. The van der Waals surface area contributed by atoms with E-state index in [-0.39, 0.29) is 34.0 Å². The molecule has 0 fully saturated rings. The molecule has 0 aliphatic carbocycles. The maximum Gasteiger partial charge on any atom is 0.269 e. The Hall–Kier alpha value is -3.04. The Balaban J connectivity index is 1.75. The van der Waals surface area contributed by atoms with Crippen molar-refractivity contribution in [2.24, 2.45) is 0 Å². The van der Waals surface area contributed by atoms with Gasteiger partial charge >= 0.3 is 0 Å². The molecule has 0 saturated heterocycles. The van der Waals surface area contributed by atoms with E-state index < -0.39 is 11.6 Å². The van der Waals surface area contributed by atoms with E-state index in [0.29, 0.717) is 23.9 Å². The lowest BCUT2D eigenvalue weighted by molar-refractivity contribution is 0.0951. The Morgan fingerprint density at radius 3 is 2.42 bits per heavy atom. The summed E-state index contributed by atoms with van der Waals surface area (Å²) in [6.07, 6.45) is 0. The second-order valence-corrected chi connectivity index (χ2v) is 8.58. The lowest BCUT2D eigenvalue weighted by Gasteiger charge is -2.15. The Bertz CT molecular complexity index is 1210. The number of rotatable bonds is 8. The normalized spacial score (nSPS) is 11.0. The van der Waals surface area contributed by atoms with Crippen molar-refractivity contribution in [3.63, 3.8) is 0 Å². The zero-order chi connectivity index (χ0) is 24.1. The Labute approximate surface area is 198 Å². The number of carbonyl (C=O) groups excluding carboxylic acids is 1. The van der Waals surface area contributed by atoms with Crippen LogP contribution in [0.25, 0.3) is 0 Å². The molecule has 0 radical (unpaired) electrons. The molecular weight excluding hydrogens is 496 g/mol. The maximum atomic E-state index is 13.9. The highest BCUT2D eigenvalue weighted by Crippen LogP contribution is 2.30. The maximum absolute atomic E-state index is 13.9. The third kappa shape index (κ3) is 6.27. The zero-order valence-corrected chi connectivity index (χ0v) is 20.1. The topological polar surface area (TPSA) is 63.6 Å². The van der Waals surface area contributed by atoms with E-state index in [9.17, 15) is 18.4 Å². The smallest absolute Gasteiger partial charge is 0.269 e. The van der Waals surface area contributed by atoms with Crippen molar-refractivity contribution in [1.29, 1.82) is 0 Å². The summed E-state index contributed by atoms with van der Waals surface area (Å²) in [6, 6.07) is 11.6. The molecule has 0 bridgehead atoms. The number of amides is 1. The number of likely N-dealkylation sites (N-methyl/N-ethyl adjacent to an activating group) is 1. The molecule has 1 N–H and O–H groups in total. The molecule has 0 aliphatic rings. The Morgan fingerprint density at radius 2 is 1.79 bits per heavy atom. The fourth-order valence-electron chi connectivity index (χ4n) is 3.10. The van der Waals surface area contributed by atoms with Crippen molar-refractivity contribution in [3.8, 4) is 11.5 Å². The van der Waals surface area contributed by atoms with E-state index in [1.165, 1.54) is 4.57 Å². The summed E-state index contributed by atoms with van der Waals surface area (Å²) in [5.41, 5.74) is 1.59. The van der Waals surface area contributed by atoms with E-state index in [1.807, 2.05) is 19.0 Å². The number of nitrogens with zero attached hydrogens (tertiary/aromatic N) is 2. The average Bonchev–Trinajstić information content (AvgIpc) is 2.76. The predicted molar refractivity (Wildman–Crippen MR) is 126 cm³/mol. The van der Waals surface area contributed by atoms with Crippen LogP contribution in [0.4, 0.5) is 8.78 Å². The van der Waals surface area contributed by atoms with Gasteiger partial charge < -0.3 is 19.5 Å². The first-order valence-electron chi connectivity index (χ1n) is 10.2. The van der Waals surface area contributed by atoms with Crippen LogP contribution >= 0.6 is 15.9 Å². The third-order valence-electron chi connectivity index (χ3n) is 4.93. The summed E-state index contributed by atoms with van der Waals surface area (Å²) >= 11 is 3.23. The van der Waals surface area contributed by atoms with Crippen LogP contribution in [0.1, 0.15) is 21.6 Å². The molecule has 33 heavy (non-hydrogen) atoms. The Morgan fingerprint density at radius 1 is 1.09 bits per heavy atom. The van der Waals surface area contributed by atoms with E-state index in [0.717, 1.165) is 24.2 Å². The number of pyridine rings is 1. The molecule has 174 valence electrons. The van der Waals surface area contributed by atoms with Gasteiger partial charge in [-0.15, -0.1) is 0 Å². The highest BCUT2D eigenvalue weighted by molar-refractivity contribution is 9.10. The van der Waals surface area contributed by atoms with Crippen LogP contribution in [0.2, 0.25) is 0 Å². The van der Waals surface area contributed by atoms with Gasteiger partial charge in [-0.25, -0.2) is 8.78 Å². The molecule has 3 rings (SSSR count). The van der Waals surface area contributed by atoms with Gasteiger partial charge in [-0.2, -0.15) is 0 Å². The van der Waals surface area contributed by atoms with E-state index in [1.54, 1.807) is 37.3 Å². The van der Waals surface area contributed by atoms with E-state index in [2.05, 4.69) is 21.2 Å². The first kappa shape index (κ1) is 24.6. The lowest BCUT2D eigenvalue weighted by atomic mass is 10.1. The molecule has 0 spiro atoms. The number of hydrogen-bond acceptors (Lipinski definition) is 4. The number of nitrogens with one attached hydrogen (secondary N) is 1. The van der Waals surface area contributed by atoms with Crippen molar-refractivity contribution in [3.05, 3.63) is 91.8 Å². The summed E-state index contributed by atoms with van der Waals surface area (Å²) in [6.45, 7) is 3.30. The number of halogens is 3. The molecule has 0 saturated carbocycles. The predicted octanol–water partition coefficient (Wildman–Crippen LogP) is 4.33. The number of benzene rings is 2. The van der Waals surface area contributed by atoms with E-state index >= 15 is 0 Å².